The van der Waals surface area contributed by atoms with E-state index in [2.05, 4.69) is 11.9 Å². The Morgan fingerprint density at radius 2 is 1.93 bits per heavy atom. The number of rotatable bonds is 3. The van der Waals surface area contributed by atoms with Crippen LogP contribution in [0.1, 0.15) is 44.9 Å². The van der Waals surface area contributed by atoms with Crippen molar-refractivity contribution in [1.29, 1.82) is 0 Å². The van der Waals surface area contributed by atoms with Gasteiger partial charge in [0, 0.05) is 12.6 Å². The van der Waals surface area contributed by atoms with Gasteiger partial charge in [-0.15, -0.1) is 0 Å². The number of aliphatic hydroxyl groups is 1. The molecule has 0 aliphatic heterocycles. The summed E-state index contributed by atoms with van der Waals surface area (Å²) in [5.74, 6) is 0.966. The smallest absolute Gasteiger partial charge is 0.0570 e. The molecule has 0 bridgehead atoms. The van der Waals surface area contributed by atoms with E-state index in [1.165, 1.54) is 38.6 Å². The molecule has 2 heteroatoms. The van der Waals surface area contributed by atoms with Crippen molar-refractivity contribution in [3.8, 4) is 0 Å². The van der Waals surface area contributed by atoms with E-state index in [0.717, 1.165) is 24.2 Å². The zero-order valence-corrected chi connectivity index (χ0v) is 9.78. The van der Waals surface area contributed by atoms with Gasteiger partial charge in [-0.05, 0) is 56.9 Å². The summed E-state index contributed by atoms with van der Waals surface area (Å²) in [6.07, 6.45) is 9.50. The van der Waals surface area contributed by atoms with Gasteiger partial charge in [0.25, 0.3) is 0 Å². The molecule has 3 rings (SSSR count). The van der Waals surface area contributed by atoms with Crippen molar-refractivity contribution >= 4 is 0 Å². The molecule has 3 fully saturated rings. The van der Waals surface area contributed by atoms with E-state index in [1.807, 2.05) is 0 Å². The molecule has 0 aromatic rings. The maximum Gasteiger partial charge on any atom is 0.0570 e. The molecule has 3 aliphatic rings. The summed E-state index contributed by atoms with van der Waals surface area (Å²) in [6.45, 7) is 1.28. The summed E-state index contributed by atoms with van der Waals surface area (Å²) in [7, 11) is 2.24. The average molecular weight is 209 g/mol. The lowest BCUT2D eigenvalue weighted by Crippen LogP contribution is -2.51. The van der Waals surface area contributed by atoms with Gasteiger partial charge in [-0.1, -0.05) is 6.42 Å². The molecule has 1 spiro atoms. The second-order valence-corrected chi connectivity index (χ2v) is 6.35. The van der Waals surface area contributed by atoms with Gasteiger partial charge in [0.15, 0.2) is 0 Å². The molecule has 0 heterocycles. The lowest BCUT2D eigenvalue weighted by Gasteiger charge is -2.55. The van der Waals surface area contributed by atoms with Gasteiger partial charge >= 0.3 is 0 Å². The topological polar surface area (TPSA) is 23.5 Å². The van der Waals surface area contributed by atoms with Gasteiger partial charge < -0.3 is 10.0 Å². The Labute approximate surface area is 92.7 Å². The molecule has 2 nitrogen and oxygen atoms in total. The zero-order valence-electron chi connectivity index (χ0n) is 9.78. The SMILES string of the molecule is CN(CC1CC2(CCC2)C1)C1CC(O)C1. The van der Waals surface area contributed by atoms with E-state index in [1.54, 1.807) is 0 Å². The summed E-state index contributed by atoms with van der Waals surface area (Å²) in [6, 6.07) is 0.679. The van der Waals surface area contributed by atoms with Crippen LogP contribution in [-0.2, 0) is 0 Å². The van der Waals surface area contributed by atoms with Crippen LogP contribution in [0, 0.1) is 11.3 Å². The highest BCUT2D eigenvalue weighted by Gasteiger charge is 2.48. The molecule has 0 unspecified atom stereocenters. The molecule has 86 valence electrons. The van der Waals surface area contributed by atoms with Crippen molar-refractivity contribution < 1.29 is 5.11 Å². The summed E-state index contributed by atoms with van der Waals surface area (Å²) in [5.41, 5.74) is 0.824. The highest BCUT2D eigenvalue weighted by Crippen LogP contribution is 2.58. The zero-order chi connectivity index (χ0) is 10.5. The fourth-order valence-corrected chi connectivity index (χ4v) is 3.85. The van der Waals surface area contributed by atoms with Crippen LogP contribution in [0.3, 0.4) is 0 Å². The third kappa shape index (κ3) is 1.72. The molecule has 0 aromatic carbocycles. The molecule has 0 saturated heterocycles. The van der Waals surface area contributed by atoms with Gasteiger partial charge in [0.05, 0.1) is 6.10 Å². The molecule has 3 aliphatic carbocycles. The molecule has 1 N–H and O–H groups in total. The molecule has 3 saturated carbocycles. The van der Waals surface area contributed by atoms with Gasteiger partial charge in [-0.2, -0.15) is 0 Å². The first kappa shape index (κ1) is 10.1. The van der Waals surface area contributed by atoms with Crippen molar-refractivity contribution in [2.45, 2.75) is 57.1 Å². The van der Waals surface area contributed by atoms with Crippen LogP contribution in [0.4, 0.5) is 0 Å². The molecular formula is C13H23NO. The first-order valence-corrected chi connectivity index (χ1v) is 6.55. The van der Waals surface area contributed by atoms with Crippen molar-refractivity contribution in [1.82, 2.24) is 4.90 Å². The highest BCUT2D eigenvalue weighted by molar-refractivity contribution is 5.00. The van der Waals surface area contributed by atoms with Gasteiger partial charge in [0.2, 0.25) is 0 Å². The Bertz CT molecular complexity index is 235. The monoisotopic (exact) mass is 209 g/mol. The Hall–Kier alpha value is -0.0800. The molecule has 0 amide bonds. The van der Waals surface area contributed by atoms with E-state index in [0.29, 0.717) is 6.04 Å². The summed E-state index contributed by atoms with van der Waals surface area (Å²) in [4.78, 5) is 2.49. The summed E-state index contributed by atoms with van der Waals surface area (Å²) >= 11 is 0. The summed E-state index contributed by atoms with van der Waals surface area (Å²) < 4.78 is 0. The molecule has 0 atom stereocenters. The predicted octanol–water partition coefficient (Wildman–Crippen LogP) is 2.02. The van der Waals surface area contributed by atoms with Crippen LogP contribution in [0.5, 0.6) is 0 Å². The number of hydrogen-bond acceptors (Lipinski definition) is 2. The predicted molar refractivity (Wildman–Crippen MR) is 60.7 cm³/mol. The Morgan fingerprint density at radius 3 is 2.40 bits per heavy atom. The molecule has 0 aromatic heterocycles. The van der Waals surface area contributed by atoms with Crippen molar-refractivity contribution in [2.75, 3.05) is 13.6 Å². The second-order valence-electron chi connectivity index (χ2n) is 6.35. The minimum atomic E-state index is -0.00295. The Morgan fingerprint density at radius 1 is 1.27 bits per heavy atom. The summed E-state index contributed by atoms with van der Waals surface area (Å²) in [5, 5.41) is 9.28. The lowest BCUT2D eigenvalue weighted by atomic mass is 9.52. The fourth-order valence-electron chi connectivity index (χ4n) is 3.85. The standard InChI is InChI=1S/C13H23NO/c1-14(11-5-12(15)6-11)9-10-7-13(8-10)3-2-4-13/h10-12,15H,2-9H2,1H3. The molecular weight excluding hydrogens is 186 g/mol. The molecule has 15 heavy (non-hydrogen) atoms. The maximum absolute atomic E-state index is 9.28. The van der Waals surface area contributed by atoms with Crippen LogP contribution in [0.2, 0.25) is 0 Å². The van der Waals surface area contributed by atoms with Gasteiger partial charge in [0.1, 0.15) is 0 Å². The normalized spacial score (nSPS) is 38.6. The van der Waals surface area contributed by atoms with Crippen LogP contribution in [-0.4, -0.2) is 35.7 Å². The van der Waals surface area contributed by atoms with E-state index < -0.39 is 0 Å². The van der Waals surface area contributed by atoms with Crippen molar-refractivity contribution in [2.24, 2.45) is 11.3 Å². The maximum atomic E-state index is 9.28. The van der Waals surface area contributed by atoms with Crippen LogP contribution in [0.15, 0.2) is 0 Å². The fraction of sp³-hybridized carbons (Fsp3) is 1.00. The first-order valence-electron chi connectivity index (χ1n) is 6.55. The second kappa shape index (κ2) is 3.46. The first-order chi connectivity index (χ1) is 7.17. The van der Waals surface area contributed by atoms with E-state index in [4.69, 9.17) is 0 Å². The highest BCUT2D eigenvalue weighted by atomic mass is 16.3. The minimum absolute atomic E-state index is 0.00295. The largest absolute Gasteiger partial charge is 0.393 e. The molecule has 0 radical (unpaired) electrons. The van der Waals surface area contributed by atoms with Gasteiger partial charge in [-0.3, -0.25) is 0 Å². The number of nitrogens with zero attached hydrogens (tertiary/aromatic N) is 1. The van der Waals surface area contributed by atoms with E-state index in [-0.39, 0.29) is 6.10 Å². The third-order valence-electron chi connectivity index (χ3n) is 5.12. The van der Waals surface area contributed by atoms with Crippen molar-refractivity contribution in [3.05, 3.63) is 0 Å². The van der Waals surface area contributed by atoms with Gasteiger partial charge in [-0.25, -0.2) is 0 Å². The van der Waals surface area contributed by atoms with Crippen LogP contribution >= 0.6 is 0 Å². The minimum Gasteiger partial charge on any atom is -0.393 e. The lowest BCUT2D eigenvalue weighted by molar-refractivity contribution is -0.0549. The van der Waals surface area contributed by atoms with E-state index >= 15 is 0 Å². The number of aliphatic hydroxyl groups excluding tert-OH is 1. The quantitative estimate of drug-likeness (QED) is 0.768. The number of hydrogen-bond donors (Lipinski definition) is 1. The van der Waals surface area contributed by atoms with Crippen LogP contribution in [0.25, 0.3) is 0 Å². The Balaban J connectivity index is 1.39. The third-order valence-corrected chi connectivity index (χ3v) is 5.12. The van der Waals surface area contributed by atoms with Crippen molar-refractivity contribution in [3.63, 3.8) is 0 Å². The van der Waals surface area contributed by atoms with E-state index in [9.17, 15) is 5.11 Å². The average Bonchev–Trinajstić information content (AvgIpc) is 2.01. The Kier molecular flexibility index (Phi) is 2.33. The van der Waals surface area contributed by atoms with Crippen LogP contribution < -0.4 is 0 Å².